The van der Waals surface area contributed by atoms with Gasteiger partial charge in [-0.3, -0.25) is 4.79 Å². The number of carbonyl (C=O) groups excluding carboxylic acids is 1. The van der Waals surface area contributed by atoms with Gasteiger partial charge in [-0.2, -0.15) is 0 Å². The third-order valence-electron chi connectivity index (χ3n) is 1.29. The topological polar surface area (TPSA) is 62.3 Å². The second kappa shape index (κ2) is 5.24. The van der Waals surface area contributed by atoms with Gasteiger partial charge < -0.3 is 14.8 Å². The molecule has 0 radical (unpaired) electrons. The van der Waals surface area contributed by atoms with Crippen LogP contribution >= 0.6 is 0 Å². The van der Waals surface area contributed by atoms with E-state index >= 15 is 0 Å². The summed E-state index contributed by atoms with van der Waals surface area (Å²) in [5.41, 5.74) is 0.648. The number of aromatic hydroxyl groups is 1. The molecule has 0 aromatic carbocycles. The Morgan fingerprint density at radius 1 is 1.75 bits per heavy atom. The number of ether oxygens (including phenoxy) is 1. The molecular formula is C7H10NNaO3. The van der Waals surface area contributed by atoms with Crippen molar-refractivity contribution < 1.29 is 14.6 Å². The summed E-state index contributed by atoms with van der Waals surface area (Å²) in [6.45, 7) is 0. The molecule has 1 aromatic heterocycles. The molecule has 2 N–H and O–H groups in total. The molecule has 0 amide bonds. The van der Waals surface area contributed by atoms with E-state index in [1.165, 1.54) is 19.4 Å². The number of methoxy groups -OCH3 is 1. The summed E-state index contributed by atoms with van der Waals surface area (Å²) < 4.78 is 4.42. The van der Waals surface area contributed by atoms with Crippen molar-refractivity contribution in [2.45, 2.75) is 6.42 Å². The first-order valence-electron chi connectivity index (χ1n) is 3.15. The van der Waals surface area contributed by atoms with Gasteiger partial charge in [-0.1, -0.05) is 0 Å². The number of esters is 1. The van der Waals surface area contributed by atoms with Crippen LogP contribution < -0.4 is 0 Å². The summed E-state index contributed by atoms with van der Waals surface area (Å²) in [6, 6.07) is 1.48. The number of rotatable bonds is 2. The van der Waals surface area contributed by atoms with Crippen molar-refractivity contribution in [1.29, 1.82) is 0 Å². The zero-order valence-electron chi connectivity index (χ0n) is 6.13. The summed E-state index contributed by atoms with van der Waals surface area (Å²) in [5.74, 6) is -0.198. The van der Waals surface area contributed by atoms with Gasteiger partial charge in [0, 0.05) is 18.0 Å². The first-order valence-corrected chi connectivity index (χ1v) is 3.15. The summed E-state index contributed by atoms with van der Waals surface area (Å²) in [6.07, 6.45) is 1.58. The zero-order valence-corrected chi connectivity index (χ0v) is 6.13. The van der Waals surface area contributed by atoms with Gasteiger partial charge in [-0.05, 0) is 0 Å². The van der Waals surface area contributed by atoms with Gasteiger partial charge in [0.1, 0.15) is 5.75 Å². The number of aromatic amines is 1. The average molecular weight is 179 g/mol. The van der Waals surface area contributed by atoms with Crippen LogP contribution in [0.3, 0.4) is 0 Å². The second-order valence-corrected chi connectivity index (χ2v) is 2.14. The monoisotopic (exact) mass is 179 g/mol. The molecule has 62 valence electrons. The third kappa shape index (κ3) is 3.30. The van der Waals surface area contributed by atoms with Gasteiger partial charge in [0.15, 0.2) is 0 Å². The molecule has 0 saturated heterocycles. The normalized spacial score (nSPS) is 8.75. The fourth-order valence-corrected chi connectivity index (χ4v) is 0.758. The van der Waals surface area contributed by atoms with Crippen LogP contribution in [0.1, 0.15) is 5.69 Å². The molecule has 1 rings (SSSR count). The Labute approximate surface area is 92.2 Å². The summed E-state index contributed by atoms with van der Waals surface area (Å²) in [7, 11) is 1.32. The van der Waals surface area contributed by atoms with E-state index in [9.17, 15) is 4.79 Å². The van der Waals surface area contributed by atoms with Crippen molar-refractivity contribution in [3.63, 3.8) is 0 Å². The number of hydrogen-bond acceptors (Lipinski definition) is 3. The molecule has 0 bridgehead atoms. The van der Waals surface area contributed by atoms with Crippen LogP contribution in [-0.4, -0.2) is 52.7 Å². The van der Waals surface area contributed by atoms with Gasteiger partial charge in [-0.25, -0.2) is 0 Å². The van der Waals surface area contributed by atoms with Crippen molar-refractivity contribution in [3.05, 3.63) is 18.0 Å². The third-order valence-corrected chi connectivity index (χ3v) is 1.29. The molecule has 4 nitrogen and oxygen atoms in total. The van der Waals surface area contributed by atoms with Gasteiger partial charge in [0.05, 0.1) is 13.5 Å². The zero-order chi connectivity index (χ0) is 8.27. The minimum absolute atomic E-state index is 0. The molecular weight excluding hydrogens is 169 g/mol. The van der Waals surface area contributed by atoms with Crippen LogP contribution in [0.4, 0.5) is 0 Å². The molecule has 5 heteroatoms. The minimum atomic E-state index is -0.327. The van der Waals surface area contributed by atoms with Crippen molar-refractivity contribution in [2.24, 2.45) is 0 Å². The average Bonchev–Trinajstić information content (AvgIpc) is 2.35. The van der Waals surface area contributed by atoms with Crippen molar-refractivity contribution >= 4 is 35.5 Å². The Kier molecular flexibility index (Phi) is 5.04. The van der Waals surface area contributed by atoms with Crippen LogP contribution in [0.25, 0.3) is 0 Å². The SMILES string of the molecule is COC(=O)Cc1cc(O)c[nH]1.[NaH]. The molecule has 1 aromatic rings. The van der Waals surface area contributed by atoms with Crippen molar-refractivity contribution in [1.82, 2.24) is 4.98 Å². The molecule has 1 heterocycles. The summed E-state index contributed by atoms with van der Waals surface area (Å²) in [5, 5.41) is 8.86. The number of carbonyl (C=O) groups is 1. The molecule has 0 unspecified atom stereocenters. The van der Waals surface area contributed by atoms with E-state index in [-0.39, 0.29) is 47.7 Å². The summed E-state index contributed by atoms with van der Waals surface area (Å²) >= 11 is 0. The van der Waals surface area contributed by atoms with Crippen molar-refractivity contribution in [2.75, 3.05) is 7.11 Å². The Morgan fingerprint density at radius 2 is 2.42 bits per heavy atom. The maximum atomic E-state index is 10.7. The van der Waals surface area contributed by atoms with E-state index in [1.807, 2.05) is 0 Å². The van der Waals surface area contributed by atoms with Crippen LogP contribution in [0.15, 0.2) is 12.3 Å². The van der Waals surface area contributed by atoms with E-state index in [1.54, 1.807) is 0 Å². The summed E-state index contributed by atoms with van der Waals surface area (Å²) in [4.78, 5) is 13.4. The number of H-pyrrole nitrogens is 1. The van der Waals surface area contributed by atoms with Gasteiger partial charge in [0.2, 0.25) is 0 Å². The van der Waals surface area contributed by atoms with E-state index in [4.69, 9.17) is 5.11 Å². The molecule has 0 aliphatic rings. The Morgan fingerprint density at radius 3 is 2.83 bits per heavy atom. The van der Waals surface area contributed by atoms with E-state index < -0.39 is 0 Å². The van der Waals surface area contributed by atoms with E-state index in [2.05, 4.69) is 9.72 Å². The first-order chi connectivity index (χ1) is 5.22. The molecule has 0 fully saturated rings. The van der Waals surface area contributed by atoms with E-state index in [0.717, 1.165) is 0 Å². The number of aromatic nitrogens is 1. The predicted octanol–water partition coefficient (Wildman–Crippen LogP) is -0.213. The number of hydrogen-bond donors (Lipinski definition) is 2. The molecule has 0 aliphatic carbocycles. The quantitative estimate of drug-likeness (QED) is 0.487. The van der Waals surface area contributed by atoms with Crippen LogP contribution in [0, 0.1) is 0 Å². The van der Waals surface area contributed by atoms with Crippen molar-refractivity contribution in [3.8, 4) is 5.75 Å². The molecule has 0 saturated carbocycles. The number of nitrogens with one attached hydrogen (secondary N) is 1. The van der Waals surface area contributed by atoms with Crippen LogP contribution in [0.2, 0.25) is 0 Å². The second-order valence-electron chi connectivity index (χ2n) is 2.14. The first kappa shape index (κ1) is 11.6. The van der Waals surface area contributed by atoms with E-state index in [0.29, 0.717) is 5.69 Å². The molecule has 0 aliphatic heterocycles. The Hall–Kier alpha value is -0.450. The van der Waals surface area contributed by atoms with Crippen LogP contribution in [-0.2, 0) is 16.0 Å². The van der Waals surface area contributed by atoms with Gasteiger partial charge >= 0.3 is 35.5 Å². The predicted molar refractivity (Wildman–Crippen MR) is 45.3 cm³/mol. The molecule has 0 spiro atoms. The fraction of sp³-hybridized carbons (Fsp3) is 0.286. The Balaban J connectivity index is 0.00000121. The maximum absolute atomic E-state index is 10.7. The van der Waals surface area contributed by atoms with Gasteiger partial charge in [0.25, 0.3) is 0 Å². The van der Waals surface area contributed by atoms with Gasteiger partial charge in [-0.15, -0.1) is 0 Å². The Bertz CT molecular complexity index is 259. The molecule has 12 heavy (non-hydrogen) atoms. The fourth-order valence-electron chi connectivity index (χ4n) is 0.758. The van der Waals surface area contributed by atoms with Crippen LogP contribution in [0.5, 0.6) is 5.75 Å². The standard InChI is InChI=1S/C7H9NO3.Na.H/c1-11-7(10)3-5-2-6(9)4-8-5;;/h2,4,8-9H,3H2,1H3;;. The molecule has 0 atom stereocenters.